The molecular weight excluding hydrogens is 314 g/mol. The van der Waals surface area contributed by atoms with Crippen LogP contribution in [0.1, 0.15) is 36.5 Å². The average Bonchev–Trinajstić information content (AvgIpc) is 2.61. The van der Waals surface area contributed by atoms with E-state index in [-0.39, 0.29) is 0 Å². The number of thiocarbonyl (C=S) groups is 1. The van der Waals surface area contributed by atoms with E-state index in [0.717, 1.165) is 35.3 Å². The summed E-state index contributed by atoms with van der Waals surface area (Å²) in [6.07, 6.45) is 2.43. The van der Waals surface area contributed by atoms with Gasteiger partial charge in [0.05, 0.1) is 5.56 Å². The summed E-state index contributed by atoms with van der Waals surface area (Å²) in [5.41, 5.74) is 3.47. The minimum absolute atomic E-state index is 0.566. The van der Waals surface area contributed by atoms with Gasteiger partial charge in [0, 0.05) is 13.1 Å². The van der Waals surface area contributed by atoms with Gasteiger partial charge in [-0.3, -0.25) is 0 Å². The third kappa shape index (κ3) is 4.15. The highest BCUT2D eigenvalue weighted by atomic mass is 32.1. The highest BCUT2D eigenvalue weighted by molar-refractivity contribution is 7.80. The Morgan fingerprint density at radius 1 is 1.08 bits per heavy atom. The van der Waals surface area contributed by atoms with Crippen LogP contribution >= 0.6 is 12.2 Å². The third-order valence-electron chi connectivity index (χ3n) is 4.70. The number of hydrogen-bond donors (Lipinski definition) is 0. The van der Waals surface area contributed by atoms with Crippen LogP contribution in [0.4, 0.5) is 0 Å². The van der Waals surface area contributed by atoms with Gasteiger partial charge in [0.1, 0.15) is 17.3 Å². The second-order valence-electron chi connectivity index (χ2n) is 6.75. The molecule has 126 valence electrons. The molecule has 0 aromatic heterocycles. The Morgan fingerprint density at radius 3 is 2.46 bits per heavy atom. The fraction of sp³-hybridized carbons (Fsp3) is 0.381. The highest BCUT2D eigenvalue weighted by Gasteiger charge is 2.20. The maximum atomic E-state index is 6.08. The molecule has 0 spiro atoms. The zero-order valence-corrected chi connectivity index (χ0v) is 15.3. The SMILES string of the molecule is Cc1ccc(COc2ccccc2C(=S)N2CCC(C)CC2)cc1. The Morgan fingerprint density at radius 2 is 1.75 bits per heavy atom. The molecule has 3 heteroatoms. The van der Waals surface area contributed by atoms with Crippen molar-refractivity contribution in [1.29, 1.82) is 0 Å². The molecule has 2 aromatic rings. The quantitative estimate of drug-likeness (QED) is 0.729. The largest absolute Gasteiger partial charge is 0.488 e. The minimum Gasteiger partial charge on any atom is -0.488 e. The van der Waals surface area contributed by atoms with Crippen LogP contribution in [-0.4, -0.2) is 23.0 Å². The number of nitrogens with zero attached hydrogens (tertiary/aromatic N) is 1. The van der Waals surface area contributed by atoms with Gasteiger partial charge in [-0.1, -0.05) is 61.1 Å². The van der Waals surface area contributed by atoms with E-state index in [0.29, 0.717) is 6.61 Å². The van der Waals surface area contributed by atoms with Crippen LogP contribution in [0.25, 0.3) is 0 Å². The van der Waals surface area contributed by atoms with Crippen LogP contribution in [0, 0.1) is 12.8 Å². The molecule has 0 aliphatic carbocycles. The van der Waals surface area contributed by atoms with E-state index in [2.05, 4.69) is 49.1 Å². The minimum atomic E-state index is 0.566. The molecule has 1 aliphatic heterocycles. The fourth-order valence-corrected chi connectivity index (χ4v) is 3.35. The zero-order valence-electron chi connectivity index (χ0n) is 14.5. The number of para-hydroxylation sites is 1. The molecule has 1 aliphatic rings. The van der Waals surface area contributed by atoms with E-state index >= 15 is 0 Å². The van der Waals surface area contributed by atoms with Crippen molar-refractivity contribution >= 4 is 17.2 Å². The second kappa shape index (κ2) is 7.80. The van der Waals surface area contributed by atoms with Crippen molar-refractivity contribution in [2.75, 3.05) is 13.1 Å². The van der Waals surface area contributed by atoms with E-state index in [1.165, 1.54) is 24.0 Å². The lowest BCUT2D eigenvalue weighted by molar-refractivity contribution is 0.281. The molecule has 0 N–H and O–H groups in total. The molecule has 1 saturated heterocycles. The lowest BCUT2D eigenvalue weighted by Crippen LogP contribution is -2.37. The number of hydrogen-bond acceptors (Lipinski definition) is 2. The number of benzene rings is 2. The molecule has 0 unspecified atom stereocenters. The van der Waals surface area contributed by atoms with Crippen molar-refractivity contribution in [3.63, 3.8) is 0 Å². The first-order chi connectivity index (χ1) is 11.6. The van der Waals surface area contributed by atoms with Gasteiger partial charge < -0.3 is 9.64 Å². The summed E-state index contributed by atoms with van der Waals surface area (Å²) >= 11 is 5.76. The number of ether oxygens (including phenoxy) is 1. The fourth-order valence-electron chi connectivity index (χ4n) is 3.00. The Bertz CT molecular complexity index is 687. The standard InChI is InChI=1S/C21H25NOS/c1-16-7-9-18(10-8-16)15-23-20-6-4-3-5-19(20)21(24)22-13-11-17(2)12-14-22/h3-10,17H,11-15H2,1-2H3. The third-order valence-corrected chi connectivity index (χ3v) is 5.18. The molecule has 2 nitrogen and oxygen atoms in total. The maximum Gasteiger partial charge on any atom is 0.130 e. The lowest BCUT2D eigenvalue weighted by Gasteiger charge is -2.32. The molecule has 3 rings (SSSR count). The Kier molecular flexibility index (Phi) is 5.52. The van der Waals surface area contributed by atoms with E-state index in [9.17, 15) is 0 Å². The first kappa shape index (κ1) is 17.0. The van der Waals surface area contributed by atoms with Gasteiger partial charge in [0.2, 0.25) is 0 Å². The van der Waals surface area contributed by atoms with Gasteiger partial charge >= 0.3 is 0 Å². The van der Waals surface area contributed by atoms with Gasteiger partial charge in [0.15, 0.2) is 0 Å². The number of likely N-dealkylation sites (tertiary alicyclic amines) is 1. The Balaban J connectivity index is 1.70. The van der Waals surface area contributed by atoms with Crippen LogP contribution in [0.3, 0.4) is 0 Å². The van der Waals surface area contributed by atoms with Crippen LogP contribution in [0.5, 0.6) is 5.75 Å². The predicted octanol–water partition coefficient (Wildman–Crippen LogP) is 4.98. The van der Waals surface area contributed by atoms with Crippen LogP contribution in [-0.2, 0) is 6.61 Å². The van der Waals surface area contributed by atoms with Crippen molar-refractivity contribution in [1.82, 2.24) is 4.90 Å². The van der Waals surface area contributed by atoms with E-state index in [1.807, 2.05) is 18.2 Å². The van der Waals surface area contributed by atoms with Gasteiger partial charge in [-0.05, 0) is 43.4 Å². The maximum absolute atomic E-state index is 6.08. The van der Waals surface area contributed by atoms with Crippen molar-refractivity contribution in [3.05, 3.63) is 65.2 Å². The summed E-state index contributed by atoms with van der Waals surface area (Å²) in [6, 6.07) is 16.6. The van der Waals surface area contributed by atoms with Gasteiger partial charge in [0.25, 0.3) is 0 Å². The first-order valence-corrected chi connectivity index (χ1v) is 9.11. The van der Waals surface area contributed by atoms with Crippen LogP contribution in [0.15, 0.2) is 48.5 Å². The van der Waals surface area contributed by atoms with E-state index in [4.69, 9.17) is 17.0 Å². The van der Waals surface area contributed by atoms with Crippen LogP contribution in [0.2, 0.25) is 0 Å². The molecule has 1 fully saturated rings. The van der Waals surface area contributed by atoms with Crippen molar-refractivity contribution in [2.24, 2.45) is 5.92 Å². The summed E-state index contributed by atoms with van der Waals surface area (Å²) in [6.45, 7) is 7.08. The molecule has 24 heavy (non-hydrogen) atoms. The average molecular weight is 340 g/mol. The molecule has 0 bridgehead atoms. The smallest absolute Gasteiger partial charge is 0.130 e. The summed E-state index contributed by atoms with van der Waals surface area (Å²) in [5.74, 6) is 1.68. The lowest BCUT2D eigenvalue weighted by atomic mass is 9.99. The summed E-state index contributed by atoms with van der Waals surface area (Å²) in [4.78, 5) is 3.24. The van der Waals surface area contributed by atoms with Gasteiger partial charge in [-0.25, -0.2) is 0 Å². The predicted molar refractivity (Wildman–Crippen MR) is 104 cm³/mol. The molecule has 0 saturated carbocycles. The van der Waals surface area contributed by atoms with Gasteiger partial charge in [-0.15, -0.1) is 0 Å². The monoisotopic (exact) mass is 339 g/mol. The number of piperidine rings is 1. The molecule has 2 aromatic carbocycles. The van der Waals surface area contributed by atoms with Gasteiger partial charge in [-0.2, -0.15) is 0 Å². The second-order valence-corrected chi connectivity index (χ2v) is 7.13. The molecular formula is C21H25NOS. The summed E-state index contributed by atoms with van der Waals surface area (Å²) in [5, 5.41) is 0. The van der Waals surface area contributed by atoms with E-state index < -0.39 is 0 Å². The molecule has 0 radical (unpaired) electrons. The Hall–Kier alpha value is -1.87. The molecule has 0 atom stereocenters. The highest BCUT2D eigenvalue weighted by Crippen LogP contribution is 2.25. The Labute approximate surface area is 150 Å². The first-order valence-electron chi connectivity index (χ1n) is 8.70. The summed E-state index contributed by atoms with van der Waals surface area (Å²) in [7, 11) is 0. The summed E-state index contributed by atoms with van der Waals surface area (Å²) < 4.78 is 6.08. The van der Waals surface area contributed by atoms with Crippen LogP contribution < -0.4 is 4.74 Å². The number of rotatable bonds is 4. The topological polar surface area (TPSA) is 12.5 Å². The zero-order chi connectivity index (χ0) is 16.9. The number of aryl methyl sites for hydroxylation is 1. The molecule has 1 heterocycles. The van der Waals surface area contributed by atoms with Crippen molar-refractivity contribution < 1.29 is 4.74 Å². The van der Waals surface area contributed by atoms with Crippen molar-refractivity contribution in [2.45, 2.75) is 33.3 Å². The molecule has 0 amide bonds. The van der Waals surface area contributed by atoms with E-state index in [1.54, 1.807) is 0 Å². The van der Waals surface area contributed by atoms with Crippen molar-refractivity contribution in [3.8, 4) is 5.75 Å². The normalized spacial score (nSPS) is 15.3.